The summed E-state index contributed by atoms with van der Waals surface area (Å²) in [5.74, 6) is 0.0310. The summed E-state index contributed by atoms with van der Waals surface area (Å²) in [4.78, 5) is 36.0. The first kappa shape index (κ1) is 23.5. The van der Waals surface area contributed by atoms with Crippen molar-refractivity contribution in [1.82, 2.24) is 5.32 Å². The van der Waals surface area contributed by atoms with E-state index in [4.69, 9.17) is 9.47 Å². The molecule has 0 fully saturated rings. The third kappa shape index (κ3) is 7.81. The monoisotopic (exact) mass is 446 g/mol. The van der Waals surface area contributed by atoms with Crippen molar-refractivity contribution in [3.8, 4) is 11.5 Å². The number of carbonyl (C=O) groups is 3. The minimum atomic E-state index is -0.587. The molecule has 33 heavy (non-hydrogen) atoms. The standard InChI is InChI=1S/C26H26N2O5/c1-18-8-10-20(11-9-18)24(27-19(2)29)16-26(31)32-17-25(30)28-21-12-14-23(15-13-21)33-22-6-4-3-5-7-22/h3-15,24H,16-17H2,1-2H3,(H,27,29)(H,28,30). The van der Waals surface area contributed by atoms with Crippen molar-refractivity contribution in [2.24, 2.45) is 0 Å². The second kappa shape index (κ2) is 11.5. The number of anilines is 1. The first-order valence-electron chi connectivity index (χ1n) is 10.5. The van der Waals surface area contributed by atoms with Gasteiger partial charge in [0.25, 0.3) is 5.91 Å². The Kier molecular flexibility index (Phi) is 8.18. The van der Waals surface area contributed by atoms with E-state index in [0.717, 1.165) is 11.1 Å². The van der Waals surface area contributed by atoms with Crippen molar-refractivity contribution in [1.29, 1.82) is 0 Å². The Morgan fingerprint density at radius 2 is 1.48 bits per heavy atom. The van der Waals surface area contributed by atoms with Gasteiger partial charge in [0.2, 0.25) is 5.91 Å². The van der Waals surface area contributed by atoms with Gasteiger partial charge in [0, 0.05) is 12.6 Å². The van der Waals surface area contributed by atoms with Crippen molar-refractivity contribution in [2.75, 3.05) is 11.9 Å². The molecule has 0 aliphatic rings. The maximum atomic E-state index is 12.3. The van der Waals surface area contributed by atoms with Gasteiger partial charge in [0.1, 0.15) is 11.5 Å². The molecule has 0 bridgehead atoms. The summed E-state index contributed by atoms with van der Waals surface area (Å²) in [5.41, 5.74) is 2.40. The first-order chi connectivity index (χ1) is 15.9. The van der Waals surface area contributed by atoms with Gasteiger partial charge in [0.05, 0.1) is 12.5 Å². The molecule has 0 radical (unpaired) electrons. The minimum Gasteiger partial charge on any atom is -0.457 e. The molecule has 1 unspecified atom stereocenters. The highest BCUT2D eigenvalue weighted by atomic mass is 16.5. The third-order valence-electron chi connectivity index (χ3n) is 4.71. The van der Waals surface area contributed by atoms with Crippen LogP contribution in [0.2, 0.25) is 0 Å². The zero-order valence-corrected chi connectivity index (χ0v) is 18.5. The molecule has 0 aromatic heterocycles. The predicted octanol–water partition coefficient (Wildman–Crippen LogP) is 4.54. The highest BCUT2D eigenvalue weighted by Gasteiger charge is 2.19. The Morgan fingerprint density at radius 1 is 0.848 bits per heavy atom. The highest BCUT2D eigenvalue weighted by Crippen LogP contribution is 2.23. The largest absolute Gasteiger partial charge is 0.457 e. The average Bonchev–Trinajstić information content (AvgIpc) is 2.79. The predicted molar refractivity (Wildman–Crippen MR) is 125 cm³/mol. The molecular formula is C26H26N2O5. The smallest absolute Gasteiger partial charge is 0.308 e. The number of esters is 1. The number of benzene rings is 3. The topological polar surface area (TPSA) is 93.7 Å². The summed E-state index contributed by atoms with van der Waals surface area (Å²) < 4.78 is 10.8. The molecule has 0 heterocycles. The van der Waals surface area contributed by atoms with Crippen molar-refractivity contribution in [2.45, 2.75) is 26.3 Å². The number of nitrogens with one attached hydrogen (secondary N) is 2. The zero-order valence-electron chi connectivity index (χ0n) is 18.5. The molecule has 170 valence electrons. The number of amides is 2. The Morgan fingerprint density at radius 3 is 2.12 bits per heavy atom. The molecule has 0 aliphatic heterocycles. The number of para-hydroxylation sites is 1. The van der Waals surface area contributed by atoms with Crippen LogP contribution in [0.1, 0.15) is 30.5 Å². The number of ether oxygens (including phenoxy) is 2. The lowest BCUT2D eigenvalue weighted by atomic mass is 10.0. The van der Waals surface area contributed by atoms with Crippen molar-refractivity contribution in [3.05, 3.63) is 90.0 Å². The van der Waals surface area contributed by atoms with E-state index in [1.807, 2.05) is 61.5 Å². The van der Waals surface area contributed by atoms with E-state index < -0.39 is 24.5 Å². The Hall–Kier alpha value is -4.13. The lowest BCUT2D eigenvalue weighted by Gasteiger charge is -2.18. The summed E-state index contributed by atoms with van der Waals surface area (Å²) in [7, 11) is 0. The van der Waals surface area contributed by atoms with E-state index in [1.54, 1.807) is 24.3 Å². The van der Waals surface area contributed by atoms with E-state index in [9.17, 15) is 14.4 Å². The van der Waals surface area contributed by atoms with Gasteiger partial charge in [-0.2, -0.15) is 0 Å². The number of aryl methyl sites for hydroxylation is 1. The van der Waals surface area contributed by atoms with Gasteiger partial charge in [-0.15, -0.1) is 0 Å². The van der Waals surface area contributed by atoms with Gasteiger partial charge in [-0.1, -0.05) is 48.0 Å². The molecule has 7 heteroatoms. The maximum Gasteiger partial charge on any atom is 0.308 e. The van der Waals surface area contributed by atoms with Gasteiger partial charge >= 0.3 is 5.97 Å². The molecule has 2 N–H and O–H groups in total. The van der Waals surface area contributed by atoms with Crippen LogP contribution in [-0.4, -0.2) is 24.4 Å². The maximum absolute atomic E-state index is 12.3. The van der Waals surface area contributed by atoms with E-state index in [-0.39, 0.29) is 12.3 Å². The molecule has 3 aromatic carbocycles. The third-order valence-corrected chi connectivity index (χ3v) is 4.71. The van der Waals surface area contributed by atoms with Gasteiger partial charge in [-0.05, 0) is 48.9 Å². The van der Waals surface area contributed by atoms with Gasteiger partial charge in [0.15, 0.2) is 6.61 Å². The average molecular weight is 447 g/mol. The molecule has 0 saturated carbocycles. The Bertz CT molecular complexity index is 1080. The molecule has 0 spiro atoms. The number of rotatable bonds is 9. The lowest BCUT2D eigenvalue weighted by molar-refractivity contribution is -0.148. The van der Waals surface area contributed by atoms with Crippen LogP contribution in [0.15, 0.2) is 78.9 Å². The lowest BCUT2D eigenvalue weighted by Crippen LogP contribution is -2.29. The molecule has 1 atom stereocenters. The van der Waals surface area contributed by atoms with E-state index in [2.05, 4.69) is 10.6 Å². The van der Waals surface area contributed by atoms with Crippen LogP contribution in [0, 0.1) is 6.92 Å². The fraction of sp³-hybridized carbons (Fsp3) is 0.192. The van der Waals surface area contributed by atoms with Gasteiger partial charge in [-0.3, -0.25) is 14.4 Å². The van der Waals surface area contributed by atoms with Crippen LogP contribution >= 0.6 is 0 Å². The molecule has 0 aliphatic carbocycles. The highest BCUT2D eigenvalue weighted by molar-refractivity contribution is 5.92. The minimum absolute atomic E-state index is 0.0819. The van der Waals surface area contributed by atoms with E-state index in [1.165, 1.54) is 6.92 Å². The summed E-state index contributed by atoms with van der Waals surface area (Å²) in [6, 6.07) is 23.2. The Balaban J connectivity index is 1.48. The number of hydrogen-bond acceptors (Lipinski definition) is 5. The summed E-state index contributed by atoms with van der Waals surface area (Å²) >= 11 is 0. The molecule has 0 saturated heterocycles. The van der Waals surface area contributed by atoms with Crippen LogP contribution in [0.3, 0.4) is 0 Å². The van der Waals surface area contributed by atoms with Crippen LogP contribution in [0.4, 0.5) is 5.69 Å². The normalized spacial score (nSPS) is 11.2. The molecule has 3 rings (SSSR count). The molecule has 2 amide bonds. The van der Waals surface area contributed by atoms with Crippen LogP contribution in [0.5, 0.6) is 11.5 Å². The SMILES string of the molecule is CC(=O)NC(CC(=O)OCC(=O)Nc1ccc(Oc2ccccc2)cc1)c1ccc(C)cc1. The van der Waals surface area contributed by atoms with Crippen molar-refractivity contribution < 1.29 is 23.9 Å². The van der Waals surface area contributed by atoms with E-state index in [0.29, 0.717) is 17.2 Å². The Labute approximate surface area is 192 Å². The molecular weight excluding hydrogens is 420 g/mol. The number of carbonyl (C=O) groups excluding carboxylic acids is 3. The van der Waals surface area contributed by atoms with Crippen LogP contribution < -0.4 is 15.4 Å². The summed E-state index contributed by atoms with van der Waals surface area (Å²) in [5, 5.41) is 5.41. The summed E-state index contributed by atoms with van der Waals surface area (Å²) in [6.07, 6.45) is -0.0819. The first-order valence-corrected chi connectivity index (χ1v) is 10.5. The second-order valence-corrected chi connectivity index (χ2v) is 7.52. The van der Waals surface area contributed by atoms with Gasteiger partial charge < -0.3 is 20.1 Å². The zero-order chi connectivity index (χ0) is 23.6. The van der Waals surface area contributed by atoms with Crippen LogP contribution in [-0.2, 0) is 19.1 Å². The fourth-order valence-corrected chi connectivity index (χ4v) is 3.10. The fourth-order valence-electron chi connectivity index (χ4n) is 3.10. The second-order valence-electron chi connectivity index (χ2n) is 7.52. The molecule has 7 nitrogen and oxygen atoms in total. The number of hydrogen-bond donors (Lipinski definition) is 2. The summed E-state index contributed by atoms with van der Waals surface area (Å²) in [6.45, 7) is 2.91. The van der Waals surface area contributed by atoms with Crippen molar-refractivity contribution in [3.63, 3.8) is 0 Å². The van der Waals surface area contributed by atoms with E-state index >= 15 is 0 Å². The molecule has 3 aromatic rings. The van der Waals surface area contributed by atoms with Gasteiger partial charge in [-0.25, -0.2) is 0 Å². The quantitative estimate of drug-likeness (QED) is 0.471. The van der Waals surface area contributed by atoms with Crippen molar-refractivity contribution >= 4 is 23.5 Å². The van der Waals surface area contributed by atoms with Crippen LogP contribution in [0.25, 0.3) is 0 Å².